The molecule has 0 radical (unpaired) electrons. The van der Waals surface area contributed by atoms with Gasteiger partial charge in [-0.05, 0) is 62.6 Å². The first-order valence-corrected chi connectivity index (χ1v) is 16.1. The normalized spacial score (nSPS) is 12.5. The molecule has 11 heteroatoms. The summed E-state index contributed by atoms with van der Waals surface area (Å²) in [7, 11) is -3.83. The van der Waals surface area contributed by atoms with Crippen LogP contribution in [-0.2, 0) is 32.6 Å². The zero-order chi connectivity index (χ0) is 31.1. The van der Waals surface area contributed by atoms with E-state index in [1.165, 1.54) is 23.1 Å². The molecule has 0 unspecified atom stereocenters. The van der Waals surface area contributed by atoms with Gasteiger partial charge in [-0.15, -0.1) is 0 Å². The van der Waals surface area contributed by atoms with Gasteiger partial charge >= 0.3 is 0 Å². The molecule has 1 N–H and O–H groups in total. The molecule has 0 aliphatic heterocycles. The third kappa shape index (κ3) is 9.71. The average molecular weight is 637 g/mol. The van der Waals surface area contributed by atoms with Crippen LogP contribution in [0.25, 0.3) is 0 Å². The quantitative estimate of drug-likeness (QED) is 0.255. The molecule has 7 nitrogen and oxygen atoms in total. The largest absolute Gasteiger partial charge is 0.350 e. The number of halogens is 3. The summed E-state index contributed by atoms with van der Waals surface area (Å²) in [5, 5.41) is 3.77. The first-order chi connectivity index (χ1) is 19.7. The number of hydrogen-bond acceptors (Lipinski definition) is 4. The lowest BCUT2D eigenvalue weighted by Gasteiger charge is -2.34. The molecule has 0 aliphatic carbocycles. The molecule has 0 spiro atoms. The topological polar surface area (TPSA) is 86.8 Å². The van der Waals surface area contributed by atoms with E-state index >= 15 is 0 Å². The Labute approximate surface area is 257 Å². The van der Waals surface area contributed by atoms with Crippen LogP contribution in [0.2, 0.25) is 10.0 Å². The summed E-state index contributed by atoms with van der Waals surface area (Å²) in [6.07, 6.45) is 1.22. The number of nitrogens with one attached hydrogen (secondary N) is 1. The second kappa shape index (κ2) is 14.4. The molecule has 42 heavy (non-hydrogen) atoms. The summed E-state index contributed by atoms with van der Waals surface area (Å²) >= 11 is 12.6. The highest BCUT2D eigenvalue weighted by Gasteiger charge is 2.32. The van der Waals surface area contributed by atoms with E-state index in [-0.39, 0.29) is 49.9 Å². The van der Waals surface area contributed by atoms with E-state index in [1.54, 1.807) is 24.3 Å². The van der Waals surface area contributed by atoms with Gasteiger partial charge in [0.1, 0.15) is 11.9 Å². The first kappa shape index (κ1) is 33.4. The SMILES string of the molecule is CC(C)(C)NC(=O)[C@H](Cc1ccccc1)N(Cc1ccc(Cl)cc1Cl)C(=O)CCCN(c1ccccc1F)S(C)(=O)=O. The maximum atomic E-state index is 14.5. The molecule has 1 atom stereocenters. The Bertz CT molecular complexity index is 1500. The third-order valence-corrected chi connectivity index (χ3v) is 8.17. The van der Waals surface area contributed by atoms with Crippen molar-refractivity contribution in [3.8, 4) is 0 Å². The van der Waals surface area contributed by atoms with Crippen molar-refractivity contribution in [2.24, 2.45) is 0 Å². The highest BCUT2D eigenvalue weighted by molar-refractivity contribution is 7.92. The second-order valence-corrected chi connectivity index (χ2v) is 13.8. The molecular formula is C31H36Cl2FN3O4S. The van der Waals surface area contributed by atoms with Crippen molar-refractivity contribution < 1.29 is 22.4 Å². The van der Waals surface area contributed by atoms with Gasteiger partial charge < -0.3 is 10.2 Å². The molecule has 3 aromatic rings. The summed E-state index contributed by atoms with van der Waals surface area (Å²) < 4.78 is 40.5. The predicted molar refractivity (Wildman–Crippen MR) is 167 cm³/mol. The maximum absolute atomic E-state index is 14.5. The first-order valence-electron chi connectivity index (χ1n) is 13.5. The van der Waals surface area contributed by atoms with Crippen LogP contribution in [0.5, 0.6) is 0 Å². The number of carbonyl (C=O) groups excluding carboxylic acids is 2. The molecule has 0 bridgehead atoms. The van der Waals surface area contributed by atoms with Crippen molar-refractivity contribution in [3.05, 3.63) is 99.8 Å². The summed E-state index contributed by atoms with van der Waals surface area (Å²) in [6, 6.07) is 19.0. The Hall–Kier alpha value is -3.14. The van der Waals surface area contributed by atoms with Crippen molar-refractivity contribution in [1.82, 2.24) is 10.2 Å². The van der Waals surface area contributed by atoms with Gasteiger partial charge in [0.2, 0.25) is 21.8 Å². The molecule has 0 saturated carbocycles. The minimum absolute atomic E-state index is 0.0208. The van der Waals surface area contributed by atoms with E-state index in [0.717, 1.165) is 16.1 Å². The van der Waals surface area contributed by atoms with Gasteiger partial charge in [-0.1, -0.05) is 71.7 Å². The van der Waals surface area contributed by atoms with Crippen molar-refractivity contribution in [2.75, 3.05) is 17.1 Å². The van der Waals surface area contributed by atoms with E-state index < -0.39 is 27.4 Å². The smallest absolute Gasteiger partial charge is 0.243 e. The number of sulfonamides is 1. The molecule has 3 aromatic carbocycles. The molecular weight excluding hydrogens is 600 g/mol. The maximum Gasteiger partial charge on any atom is 0.243 e. The van der Waals surface area contributed by atoms with Crippen molar-refractivity contribution >= 4 is 50.7 Å². The van der Waals surface area contributed by atoms with Crippen molar-refractivity contribution in [2.45, 2.75) is 58.2 Å². The highest BCUT2D eigenvalue weighted by atomic mass is 35.5. The van der Waals surface area contributed by atoms with Crippen LogP contribution < -0.4 is 9.62 Å². The minimum atomic E-state index is -3.83. The van der Waals surface area contributed by atoms with Gasteiger partial charge in [0.25, 0.3) is 0 Å². The van der Waals surface area contributed by atoms with Gasteiger partial charge in [-0.3, -0.25) is 13.9 Å². The van der Waals surface area contributed by atoms with Crippen LogP contribution in [0.15, 0.2) is 72.8 Å². The lowest BCUT2D eigenvalue weighted by molar-refractivity contribution is -0.142. The van der Waals surface area contributed by atoms with E-state index in [1.807, 2.05) is 51.1 Å². The van der Waals surface area contributed by atoms with Gasteiger partial charge in [-0.2, -0.15) is 0 Å². The average Bonchev–Trinajstić information content (AvgIpc) is 2.89. The number of rotatable bonds is 12. The Morgan fingerprint density at radius 1 is 0.976 bits per heavy atom. The van der Waals surface area contributed by atoms with Crippen LogP contribution in [0.3, 0.4) is 0 Å². The lowest BCUT2D eigenvalue weighted by atomic mass is 10.00. The molecule has 0 aromatic heterocycles. The Balaban J connectivity index is 1.94. The number of anilines is 1. The van der Waals surface area contributed by atoms with Gasteiger partial charge in [-0.25, -0.2) is 12.8 Å². The Kier molecular flexibility index (Phi) is 11.4. The molecule has 226 valence electrons. The standard InChI is InChI=1S/C31H36Cl2FN3O4S/c1-31(2,3)35-30(39)28(19-22-11-6-5-7-12-22)36(21-23-16-17-24(32)20-25(23)33)29(38)15-10-18-37(42(4,40)41)27-14-9-8-13-26(27)34/h5-9,11-14,16-17,20,28H,10,15,18-19,21H2,1-4H3,(H,35,39)/t28-/m0/s1. The zero-order valence-electron chi connectivity index (χ0n) is 24.1. The molecule has 0 aliphatic rings. The van der Waals surface area contributed by atoms with Crippen LogP contribution in [0, 0.1) is 5.82 Å². The number of benzene rings is 3. The highest BCUT2D eigenvalue weighted by Crippen LogP contribution is 2.26. The second-order valence-electron chi connectivity index (χ2n) is 11.1. The fraction of sp³-hybridized carbons (Fsp3) is 0.355. The van der Waals surface area contributed by atoms with E-state index in [2.05, 4.69) is 5.32 Å². The Morgan fingerprint density at radius 3 is 2.21 bits per heavy atom. The lowest BCUT2D eigenvalue weighted by Crippen LogP contribution is -2.54. The van der Waals surface area contributed by atoms with Crippen LogP contribution in [-0.4, -0.2) is 49.5 Å². The van der Waals surface area contributed by atoms with Crippen LogP contribution in [0.4, 0.5) is 10.1 Å². The van der Waals surface area contributed by atoms with E-state index in [4.69, 9.17) is 23.2 Å². The number of nitrogens with zero attached hydrogens (tertiary/aromatic N) is 2. The monoisotopic (exact) mass is 635 g/mol. The molecule has 0 fully saturated rings. The number of carbonyl (C=O) groups is 2. The minimum Gasteiger partial charge on any atom is -0.350 e. The van der Waals surface area contributed by atoms with Crippen molar-refractivity contribution in [3.63, 3.8) is 0 Å². The predicted octanol–water partition coefficient (Wildman–Crippen LogP) is 6.23. The summed E-state index contributed by atoms with van der Waals surface area (Å²) in [4.78, 5) is 29.1. The number of amides is 2. The Morgan fingerprint density at radius 2 is 1.62 bits per heavy atom. The summed E-state index contributed by atoms with van der Waals surface area (Å²) in [6.45, 7) is 5.46. The number of hydrogen-bond donors (Lipinski definition) is 1. The fourth-order valence-electron chi connectivity index (χ4n) is 4.48. The summed E-state index contributed by atoms with van der Waals surface area (Å²) in [5.41, 5.74) is 0.798. The number of para-hydroxylation sites is 1. The van der Waals surface area contributed by atoms with E-state index in [9.17, 15) is 22.4 Å². The molecule has 0 heterocycles. The van der Waals surface area contributed by atoms with Gasteiger partial charge in [0.05, 0.1) is 11.9 Å². The fourth-order valence-corrected chi connectivity index (χ4v) is 5.91. The van der Waals surface area contributed by atoms with E-state index in [0.29, 0.717) is 15.6 Å². The van der Waals surface area contributed by atoms with Crippen molar-refractivity contribution in [1.29, 1.82) is 0 Å². The van der Waals surface area contributed by atoms with Crippen LogP contribution in [0.1, 0.15) is 44.7 Å². The molecule has 2 amide bonds. The molecule has 3 rings (SSSR count). The zero-order valence-corrected chi connectivity index (χ0v) is 26.4. The van der Waals surface area contributed by atoms with Crippen LogP contribution >= 0.6 is 23.2 Å². The van der Waals surface area contributed by atoms with Gasteiger partial charge in [0, 0.05) is 41.5 Å². The summed E-state index contributed by atoms with van der Waals surface area (Å²) in [5.74, 6) is -1.41. The third-order valence-electron chi connectivity index (χ3n) is 6.40. The molecule has 0 saturated heterocycles. The van der Waals surface area contributed by atoms with Gasteiger partial charge in [0.15, 0.2) is 0 Å².